The van der Waals surface area contributed by atoms with Crippen molar-refractivity contribution in [2.45, 2.75) is 51.5 Å². The maximum atomic E-state index is 13.8. The van der Waals surface area contributed by atoms with Gasteiger partial charge < -0.3 is 4.90 Å². The van der Waals surface area contributed by atoms with Gasteiger partial charge in [-0.2, -0.15) is 0 Å². The smallest absolute Gasteiger partial charge is 0.241 e. The summed E-state index contributed by atoms with van der Waals surface area (Å²) in [5, 5.41) is 0. The van der Waals surface area contributed by atoms with Crippen LogP contribution < -0.4 is 0 Å². The van der Waals surface area contributed by atoms with Gasteiger partial charge in [-0.25, -0.2) is 0 Å². The van der Waals surface area contributed by atoms with Crippen LogP contribution in [-0.4, -0.2) is 40.6 Å². The number of piperidine rings is 1. The molecular weight excluding hydrogens is 388 g/mol. The van der Waals surface area contributed by atoms with Crippen LogP contribution in [0.4, 0.5) is 0 Å². The van der Waals surface area contributed by atoms with E-state index in [9.17, 15) is 14.4 Å². The average Bonchev–Trinajstić information content (AvgIpc) is 3.00. The van der Waals surface area contributed by atoms with Gasteiger partial charge in [0.1, 0.15) is 0 Å². The number of nitrogens with zero attached hydrogens (tertiary/aromatic N) is 2. The molecule has 2 fully saturated rings. The minimum Gasteiger partial charge on any atom is -0.343 e. The third-order valence-electron chi connectivity index (χ3n) is 6.84. The Morgan fingerprint density at radius 1 is 1.00 bits per heavy atom. The second-order valence-corrected chi connectivity index (χ2v) is 9.08. The molecule has 0 aromatic heterocycles. The molecule has 2 saturated heterocycles. The first kappa shape index (κ1) is 21.3. The zero-order chi connectivity index (χ0) is 22.0. The number of likely N-dealkylation sites (tertiary alicyclic amines) is 2. The molecule has 0 unspecified atom stereocenters. The molecule has 31 heavy (non-hydrogen) atoms. The number of hydrogen-bond acceptors (Lipinski definition) is 3. The number of carbonyl (C=O) groups is 3. The van der Waals surface area contributed by atoms with Crippen molar-refractivity contribution in [3.63, 3.8) is 0 Å². The van der Waals surface area contributed by atoms with Crippen molar-refractivity contribution >= 4 is 17.7 Å². The van der Waals surface area contributed by atoms with Gasteiger partial charge in [0.05, 0.1) is 12.0 Å². The summed E-state index contributed by atoms with van der Waals surface area (Å²) in [5.41, 5.74) is 1.51. The van der Waals surface area contributed by atoms with Gasteiger partial charge in [0.2, 0.25) is 17.7 Å². The number of rotatable bonds is 5. The summed E-state index contributed by atoms with van der Waals surface area (Å²) in [7, 11) is 0. The molecule has 0 aliphatic carbocycles. The van der Waals surface area contributed by atoms with Crippen molar-refractivity contribution < 1.29 is 14.4 Å². The van der Waals surface area contributed by atoms with E-state index in [-0.39, 0.29) is 37.1 Å². The van der Waals surface area contributed by atoms with Crippen LogP contribution in [0.25, 0.3) is 0 Å². The van der Waals surface area contributed by atoms with Crippen LogP contribution >= 0.6 is 0 Å². The second kappa shape index (κ2) is 8.66. The Labute approximate surface area is 184 Å². The lowest BCUT2D eigenvalue weighted by molar-refractivity contribution is -0.143. The first-order valence-corrected chi connectivity index (χ1v) is 11.1. The van der Waals surface area contributed by atoms with E-state index in [1.54, 1.807) is 0 Å². The highest BCUT2D eigenvalue weighted by molar-refractivity contribution is 6.10. The van der Waals surface area contributed by atoms with Gasteiger partial charge in [-0.05, 0) is 42.4 Å². The number of benzene rings is 2. The van der Waals surface area contributed by atoms with Gasteiger partial charge >= 0.3 is 0 Å². The summed E-state index contributed by atoms with van der Waals surface area (Å²) in [6, 6.07) is 17.2. The number of carbonyl (C=O) groups excluding carboxylic acids is 3. The highest BCUT2D eigenvalue weighted by atomic mass is 16.2. The molecule has 0 N–H and O–H groups in total. The quantitative estimate of drug-likeness (QED) is 0.693. The number of aryl methyl sites for hydroxylation is 1. The van der Waals surface area contributed by atoms with E-state index in [1.165, 1.54) is 4.90 Å². The lowest BCUT2D eigenvalue weighted by atomic mass is 9.73. The third-order valence-corrected chi connectivity index (χ3v) is 6.84. The van der Waals surface area contributed by atoms with Crippen molar-refractivity contribution in [3.05, 3.63) is 71.3 Å². The zero-order valence-electron chi connectivity index (χ0n) is 18.3. The lowest BCUT2D eigenvalue weighted by Crippen LogP contribution is -2.45. The summed E-state index contributed by atoms with van der Waals surface area (Å²) >= 11 is 0. The molecule has 0 spiro atoms. The highest BCUT2D eigenvalue weighted by Crippen LogP contribution is 2.42. The summed E-state index contributed by atoms with van der Waals surface area (Å²) in [5.74, 6) is 0.120. The van der Waals surface area contributed by atoms with Crippen LogP contribution in [0.2, 0.25) is 0 Å². The molecule has 1 atom stereocenters. The molecular formula is C26H30N2O3. The van der Waals surface area contributed by atoms with Gasteiger partial charge in [-0.3, -0.25) is 19.3 Å². The van der Waals surface area contributed by atoms with Crippen LogP contribution in [0.5, 0.6) is 0 Å². The monoisotopic (exact) mass is 418 g/mol. The molecule has 2 aromatic carbocycles. The number of imide groups is 1. The topological polar surface area (TPSA) is 57.7 Å². The van der Waals surface area contributed by atoms with E-state index in [0.29, 0.717) is 5.92 Å². The van der Waals surface area contributed by atoms with Gasteiger partial charge in [0.15, 0.2) is 0 Å². The van der Waals surface area contributed by atoms with Crippen molar-refractivity contribution in [1.82, 2.24) is 9.80 Å². The number of hydrogen-bond donors (Lipinski definition) is 0. The van der Waals surface area contributed by atoms with E-state index in [2.05, 4.69) is 6.92 Å². The second-order valence-electron chi connectivity index (χ2n) is 9.08. The maximum absolute atomic E-state index is 13.8. The SMILES string of the molecule is Cc1ccccc1[C@]1(CC(=O)N2CCC(C)CC2)CC(=O)N(Cc2ccccc2)C1=O. The van der Waals surface area contributed by atoms with Crippen LogP contribution in [0.3, 0.4) is 0 Å². The van der Waals surface area contributed by atoms with Crippen LogP contribution in [0.15, 0.2) is 54.6 Å². The van der Waals surface area contributed by atoms with E-state index in [1.807, 2.05) is 66.4 Å². The molecule has 0 saturated carbocycles. The Bertz CT molecular complexity index is 979. The molecule has 4 rings (SSSR count). The highest BCUT2D eigenvalue weighted by Gasteiger charge is 2.54. The molecule has 2 heterocycles. The largest absolute Gasteiger partial charge is 0.343 e. The Morgan fingerprint density at radius 2 is 1.65 bits per heavy atom. The fraction of sp³-hybridized carbons (Fsp3) is 0.423. The predicted octanol–water partition coefficient (Wildman–Crippen LogP) is 3.84. The molecule has 0 bridgehead atoms. The third kappa shape index (κ3) is 4.14. The first-order chi connectivity index (χ1) is 14.9. The summed E-state index contributed by atoms with van der Waals surface area (Å²) in [4.78, 5) is 43.4. The van der Waals surface area contributed by atoms with Crippen molar-refractivity contribution in [1.29, 1.82) is 0 Å². The maximum Gasteiger partial charge on any atom is 0.241 e. The summed E-state index contributed by atoms with van der Waals surface area (Å²) in [6.45, 7) is 5.83. The van der Waals surface area contributed by atoms with Gasteiger partial charge in [0.25, 0.3) is 0 Å². The van der Waals surface area contributed by atoms with Gasteiger partial charge in [-0.15, -0.1) is 0 Å². The van der Waals surface area contributed by atoms with E-state index >= 15 is 0 Å². The summed E-state index contributed by atoms with van der Waals surface area (Å²) < 4.78 is 0. The van der Waals surface area contributed by atoms with E-state index in [4.69, 9.17) is 0 Å². The van der Waals surface area contributed by atoms with Crippen LogP contribution in [0, 0.1) is 12.8 Å². The molecule has 2 aromatic rings. The standard InChI is InChI=1S/C26H30N2O3/c1-19-12-14-27(15-13-19)23(29)16-26(22-11-7-6-8-20(22)2)17-24(30)28(25(26)31)18-21-9-4-3-5-10-21/h3-11,19H,12-18H2,1-2H3/t26-/m0/s1. The Kier molecular flexibility index (Phi) is 5.94. The molecule has 2 aliphatic heterocycles. The van der Waals surface area contributed by atoms with E-state index in [0.717, 1.165) is 42.6 Å². The minimum atomic E-state index is -1.13. The fourth-order valence-corrected chi connectivity index (χ4v) is 4.91. The van der Waals surface area contributed by atoms with Crippen LogP contribution in [0.1, 0.15) is 49.3 Å². The summed E-state index contributed by atoms with van der Waals surface area (Å²) in [6.07, 6.45) is 2.05. The molecule has 162 valence electrons. The normalized spacial score (nSPS) is 22.3. The van der Waals surface area contributed by atoms with Crippen molar-refractivity contribution in [3.8, 4) is 0 Å². The Balaban J connectivity index is 1.67. The minimum absolute atomic E-state index is 0.0298. The van der Waals surface area contributed by atoms with Crippen molar-refractivity contribution in [2.75, 3.05) is 13.1 Å². The first-order valence-electron chi connectivity index (χ1n) is 11.1. The number of amides is 3. The van der Waals surface area contributed by atoms with Crippen molar-refractivity contribution in [2.24, 2.45) is 5.92 Å². The van der Waals surface area contributed by atoms with E-state index < -0.39 is 5.41 Å². The lowest BCUT2D eigenvalue weighted by Gasteiger charge is -2.34. The van der Waals surface area contributed by atoms with Gasteiger partial charge in [-0.1, -0.05) is 61.5 Å². The predicted molar refractivity (Wildman–Crippen MR) is 119 cm³/mol. The fourth-order valence-electron chi connectivity index (χ4n) is 4.91. The van der Waals surface area contributed by atoms with Gasteiger partial charge in [0, 0.05) is 25.9 Å². The molecule has 5 nitrogen and oxygen atoms in total. The molecule has 3 amide bonds. The Hall–Kier alpha value is -2.95. The van der Waals surface area contributed by atoms with Crippen LogP contribution in [-0.2, 0) is 26.3 Å². The average molecular weight is 419 g/mol. The molecule has 5 heteroatoms. The molecule has 0 radical (unpaired) electrons. The Morgan fingerprint density at radius 3 is 2.32 bits per heavy atom. The molecule has 2 aliphatic rings. The zero-order valence-corrected chi connectivity index (χ0v) is 18.3.